The van der Waals surface area contributed by atoms with E-state index in [0.717, 1.165) is 5.56 Å². The van der Waals surface area contributed by atoms with Gasteiger partial charge in [0.1, 0.15) is 12.7 Å². The third-order valence-electron chi connectivity index (χ3n) is 2.12. The normalized spacial score (nSPS) is 12.2. The zero-order valence-electron chi connectivity index (χ0n) is 11.9. The lowest BCUT2D eigenvalue weighted by Crippen LogP contribution is -2.29. The lowest BCUT2D eigenvalue weighted by atomic mass is 10.2. The topological polar surface area (TPSA) is 35.5 Å². The highest BCUT2D eigenvalue weighted by atomic mass is 28.4. The molecular formula is C15H20O3Si. The predicted octanol–water partition coefficient (Wildman–Crippen LogP) is 2.97. The number of benzene rings is 1. The van der Waals surface area contributed by atoms with E-state index in [4.69, 9.17) is 9.16 Å². The fourth-order valence-corrected chi connectivity index (χ4v) is 2.60. The Hall–Kier alpha value is -1.57. The number of carbonyl (C=O) groups excluding carboxylic acids is 1. The minimum absolute atomic E-state index is 0.240. The van der Waals surface area contributed by atoms with Gasteiger partial charge in [-0.1, -0.05) is 36.3 Å². The number of esters is 1. The van der Waals surface area contributed by atoms with Crippen LogP contribution in [0.5, 0.6) is 0 Å². The first kappa shape index (κ1) is 15.5. The largest absolute Gasteiger partial charge is 0.451 e. The van der Waals surface area contributed by atoms with Crippen LogP contribution >= 0.6 is 0 Å². The highest BCUT2D eigenvalue weighted by Gasteiger charge is 2.16. The van der Waals surface area contributed by atoms with E-state index < -0.39 is 14.3 Å². The van der Waals surface area contributed by atoms with Crippen molar-refractivity contribution in [1.82, 2.24) is 0 Å². The van der Waals surface area contributed by atoms with E-state index in [-0.39, 0.29) is 12.7 Å². The molecule has 0 heterocycles. The second-order valence-electron chi connectivity index (χ2n) is 5.20. The monoisotopic (exact) mass is 276 g/mol. The summed E-state index contributed by atoms with van der Waals surface area (Å²) in [6, 6.07) is 9.52. The molecule has 0 aliphatic heterocycles. The summed E-state index contributed by atoms with van der Waals surface area (Å²) in [7, 11) is -1.62. The molecule has 0 aromatic heterocycles. The van der Waals surface area contributed by atoms with Gasteiger partial charge in [-0.2, -0.15) is 0 Å². The Morgan fingerprint density at radius 2 is 1.89 bits per heavy atom. The molecule has 1 atom stereocenters. The zero-order chi connectivity index (χ0) is 14.3. The van der Waals surface area contributed by atoms with Crippen molar-refractivity contribution in [2.45, 2.75) is 39.3 Å². The molecule has 0 aliphatic carbocycles. The highest BCUT2D eigenvalue weighted by Crippen LogP contribution is 2.06. The lowest BCUT2D eigenvalue weighted by Gasteiger charge is -2.19. The Morgan fingerprint density at radius 3 is 2.47 bits per heavy atom. The number of rotatable bonds is 4. The third kappa shape index (κ3) is 7.45. The standard InChI is InChI=1S/C15H20O3Si/c1-13(18-19(2,3)4)10-11-15(16)17-12-14-8-6-5-7-9-14/h5-9,13H,12H2,1-4H3/t13-/m0/s1. The van der Waals surface area contributed by atoms with Gasteiger partial charge in [0.25, 0.3) is 0 Å². The molecule has 0 radical (unpaired) electrons. The van der Waals surface area contributed by atoms with Crippen LogP contribution in [0, 0.1) is 11.8 Å². The van der Waals surface area contributed by atoms with Gasteiger partial charge in [0.05, 0.1) is 0 Å². The van der Waals surface area contributed by atoms with Crippen LogP contribution in [0.15, 0.2) is 30.3 Å². The molecule has 0 bridgehead atoms. The summed E-state index contributed by atoms with van der Waals surface area (Å²) in [4.78, 5) is 11.4. The van der Waals surface area contributed by atoms with E-state index in [1.54, 1.807) is 0 Å². The Morgan fingerprint density at radius 1 is 1.26 bits per heavy atom. The Balaban J connectivity index is 2.40. The average Bonchev–Trinajstić information content (AvgIpc) is 2.33. The minimum atomic E-state index is -1.62. The van der Waals surface area contributed by atoms with Crippen LogP contribution in [0.4, 0.5) is 0 Å². The quantitative estimate of drug-likeness (QED) is 0.367. The second kappa shape index (κ2) is 7.12. The van der Waals surface area contributed by atoms with Gasteiger partial charge in [-0.05, 0) is 32.1 Å². The molecular weight excluding hydrogens is 256 g/mol. The van der Waals surface area contributed by atoms with Gasteiger partial charge in [-0.3, -0.25) is 0 Å². The van der Waals surface area contributed by atoms with Crippen molar-refractivity contribution < 1.29 is 14.0 Å². The van der Waals surface area contributed by atoms with Crippen LogP contribution in [-0.2, 0) is 20.6 Å². The molecule has 1 aromatic rings. The molecule has 1 rings (SSSR count). The van der Waals surface area contributed by atoms with Crippen LogP contribution in [0.3, 0.4) is 0 Å². The molecule has 102 valence electrons. The molecule has 19 heavy (non-hydrogen) atoms. The van der Waals surface area contributed by atoms with E-state index in [2.05, 4.69) is 31.5 Å². The molecule has 0 unspecified atom stereocenters. The van der Waals surface area contributed by atoms with Crippen LogP contribution in [0.2, 0.25) is 19.6 Å². The van der Waals surface area contributed by atoms with Gasteiger partial charge in [0, 0.05) is 5.92 Å². The number of carbonyl (C=O) groups is 1. The van der Waals surface area contributed by atoms with Crippen LogP contribution in [-0.4, -0.2) is 20.4 Å². The Kier molecular flexibility index (Phi) is 5.81. The maximum Gasteiger partial charge on any atom is 0.384 e. The summed E-state index contributed by atoms with van der Waals surface area (Å²) < 4.78 is 10.8. The molecule has 0 amide bonds. The van der Waals surface area contributed by atoms with Crippen molar-refractivity contribution in [2.75, 3.05) is 0 Å². The molecule has 4 heteroatoms. The minimum Gasteiger partial charge on any atom is -0.451 e. The first-order valence-corrected chi connectivity index (χ1v) is 9.68. The number of hydrogen-bond donors (Lipinski definition) is 0. The smallest absolute Gasteiger partial charge is 0.384 e. The fourth-order valence-electron chi connectivity index (χ4n) is 1.48. The first-order valence-electron chi connectivity index (χ1n) is 6.27. The zero-order valence-corrected chi connectivity index (χ0v) is 12.9. The van der Waals surface area contributed by atoms with Gasteiger partial charge in [-0.15, -0.1) is 0 Å². The molecule has 0 fully saturated rings. The van der Waals surface area contributed by atoms with E-state index in [1.807, 2.05) is 37.3 Å². The first-order chi connectivity index (χ1) is 8.87. The molecule has 1 aromatic carbocycles. The maximum absolute atomic E-state index is 11.4. The molecule has 0 saturated carbocycles. The van der Waals surface area contributed by atoms with Crippen molar-refractivity contribution in [3.05, 3.63) is 35.9 Å². The molecule has 0 N–H and O–H groups in total. The van der Waals surface area contributed by atoms with Crippen molar-refractivity contribution in [3.63, 3.8) is 0 Å². The molecule has 3 nitrogen and oxygen atoms in total. The maximum atomic E-state index is 11.4. The SMILES string of the molecule is C[C@@H](C#CC(=O)OCc1ccccc1)O[Si](C)(C)C. The van der Waals surface area contributed by atoms with E-state index in [1.165, 1.54) is 0 Å². The molecule has 0 aliphatic rings. The van der Waals surface area contributed by atoms with Gasteiger partial charge in [0.2, 0.25) is 0 Å². The van der Waals surface area contributed by atoms with Crippen LogP contribution in [0.25, 0.3) is 0 Å². The number of ether oxygens (including phenoxy) is 1. The summed E-state index contributed by atoms with van der Waals surface area (Å²) in [6.45, 7) is 8.34. The highest BCUT2D eigenvalue weighted by molar-refractivity contribution is 6.69. The second-order valence-corrected chi connectivity index (χ2v) is 9.66. The van der Waals surface area contributed by atoms with Crippen LogP contribution < -0.4 is 0 Å². The summed E-state index contributed by atoms with van der Waals surface area (Å²) in [5.41, 5.74) is 0.948. The summed E-state index contributed by atoms with van der Waals surface area (Å²) >= 11 is 0. The summed E-state index contributed by atoms with van der Waals surface area (Å²) in [5, 5.41) is 0. The van der Waals surface area contributed by atoms with Gasteiger partial charge < -0.3 is 9.16 Å². The average molecular weight is 276 g/mol. The lowest BCUT2D eigenvalue weighted by molar-refractivity contribution is -0.137. The summed E-state index contributed by atoms with van der Waals surface area (Å²) in [6.07, 6.45) is -0.240. The van der Waals surface area contributed by atoms with E-state index in [0.29, 0.717) is 0 Å². The van der Waals surface area contributed by atoms with Crippen molar-refractivity contribution in [2.24, 2.45) is 0 Å². The number of hydrogen-bond acceptors (Lipinski definition) is 3. The Bertz CT molecular complexity index is 466. The third-order valence-corrected chi connectivity index (χ3v) is 3.18. The van der Waals surface area contributed by atoms with Gasteiger partial charge >= 0.3 is 5.97 Å². The summed E-state index contributed by atoms with van der Waals surface area (Å²) in [5.74, 6) is 4.71. The van der Waals surface area contributed by atoms with Gasteiger partial charge in [-0.25, -0.2) is 4.79 Å². The molecule has 0 saturated heterocycles. The fraction of sp³-hybridized carbons (Fsp3) is 0.400. The van der Waals surface area contributed by atoms with E-state index >= 15 is 0 Å². The van der Waals surface area contributed by atoms with Gasteiger partial charge in [0.15, 0.2) is 8.32 Å². The molecule has 0 spiro atoms. The van der Waals surface area contributed by atoms with Crippen molar-refractivity contribution in [1.29, 1.82) is 0 Å². The van der Waals surface area contributed by atoms with Crippen molar-refractivity contribution >= 4 is 14.3 Å². The van der Waals surface area contributed by atoms with E-state index in [9.17, 15) is 4.79 Å². The Labute approximate surface area is 116 Å². The van der Waals surface area contributed by atoms with Crippen molar-refractivity contribution in [3.8, 4) is 11.8 Å². The predicted molar refractivity (Wildman–Crippen MR) is 77.9 cm³/mol. The van der Waals surface area contributed by atoms with Crippen LogP contribution in [0.1, 0.15) is 12.5 Å².